The minimum absolute atomic E-state index is 0. The van der Waals surface area contributed by atoms with Crippen LogP contribution in [0.2, 0.25) is 0 Å². The number of ether oxygens (including phenoxy) is 1. The third-order valence-corrected chi connectivity index (χ3v) is 3.38. The maximum Gasteiger partial charge on any atom is 0.387 e. The quantitative estimate of drug-likeness (QED) is 0.768. The highest BCUT2D eigenvalue weighted by atomic mass is 35.5. The van der Waals surface area contributed by atoms with Gasteiger partial charge < -0.3 is 15.4 Å². The number of rotatable bonds is 8. The van der Waals surface area contributed by atoms with Crippen LogP contribution in [0.5, 0.6) is 5.75 Å². The molecule has 2 N–H and O–H groups in total. The first kappa shape index (κ1) is 18.6. The summed E-state index contributed by atoms with van der Waals surface area (Å²) in [4.78, 5) is 11.8. The van der Waals surface area contributed by atoms with Crippen molar-refractivity contribution < 1.29 is 18.3 Å². The smallest absolute Gasteiger partial charge is 0.387 e. The van der Waals surface area contributed by atoms with Gasteiger partial charge >= 0.3 is 6.61 Å². The van der Waals surface area contributed by atoms with E-state index in [0.29, 0.717) is 0 Å². The summed E-state index contributed by atoms with van der Waals surface area (Å²) in [6.07, 6.45) is 2.48. The fourth-order valence-electron chi connectivity index (χ4n) is 2.05. The topological polar surface area (TPSA) is 50.4 Å². The Kier molecular flexibility index (Phi) is 7.55. The lowest BCUT2D eigenvalue weighted by molar-refractivity contribution is -0.120. The summed E-state index contributed by atoms with van der Waals surface area (Å²) >= 11 is 0. The molecule has 0 aromatic heterocycles. The van der Waals surface area contributed by atoms with Crippen molar-refractivity contribution in [3.05, 3.63) is 29.8 Å². The number of carbonyl (C=O) groups excluding carboxylic acids is 1. The first-order chi connectivity index (χ1) is 10.0. The van der Waals surface area contributed by atoms with Crippen molar-refractivity contribution in [2.75, 3.05) is 13.1 Å². The molecular formula is C15H21ClF2N2O2. The molecule has 1 unspecified atom stereocenters. The van der Waals surface area contributed by atoms with Crippen molar-refractivity contribution in [3.8, 4) is 5.75 Å². The minimum Gasteiger partial charge on any atom is -0.435 e. The highest BCUT2D eigenvalue weighted by Gasteiger charge is 2.20. The molecule has 0 radical (unpaired) electrons. The Morgan fingerprint density at radius 1 is 1.41 bits per heavy atom. The van der Waals surface area contributed by atoms with Gasteiger partial charge in [-0.25, -0.2) is 0 Å². The number of hydrogen-bond acceptors (Lipinski definition) is 3. The Hall–Kier alpha value is -1.40. The van der Waals surface area contributed by atoms with E-state index < -0.39 is 6.61 Å². The van der Waals surface area contributed by atoms with Crippen LogP contribution in [-0.4, -0.2) is 25.6 Å². The Balaban J connectivity index is 0.00000242. The van der Waals surface area contributed by atoms with E-state index in [0.717, 1.165) is 18.0 Å². The predicted molar refractivity (Wildman–Crippen MR) is 82.5 cm³/mol. The molecule has 1 fully saturated rings. The van der Waals surface area contributed by atoms with E-state index in [1.165, 1.54) is 25.0 Å². The highest BCUT2D eigenvalue weighted by Crippen LogP contribution is 2.27. The van der Waals surface area contributed by atoms with Gasteiger partial charge in [0.1, 0.15) is 5.75 Å². The van der Waals surface area contributed by atoms with Crippen molar-refractivity contribution in [3.63, 3.8) is 0 Å². The Morgan fingerprint density at radius 2 is 2.14 bits per heavy atom. The number of hydrogen-bond donors (Lipinski definition) is 2. The second-order valence-electron chi connectivity index (χ2n) is 5.31. The monoisotopic (exact) mass is 334 g/mol. The van der Waals surface area contributed by atoms with E-state index in [4.69, 9.17) is 0 Å². The second-order valence-corrected chi connectivity index (χ2v) is 5.31. The summed E-state index contributed by atoms with van der Waals surface area (Å²) in [7, 11) is 0. The maximum absolute atomic E-state index is 12.2. The molecule has 0 heterocycles. The molecule has 0 bridgehead atoms. The minimum atomic E-state index is -2.85. The molecule has 0 spiro atoms. The van der Waals surface area contributed by atoms with E-state index in [9.17, 15) is 13.6 Å². The van der Waals surface area contributed by atoms with Gasteiger partial charge in [-0.2, -0.15) is 8.78 Å². The van der Waals surface area contributed by atoms with Crippen LogP contribution in [-0.2, 0) is 4.79 Å². The fraction of sp³-hybridized carbons (Fsp3) is 0.533. The summed E-state index contributed by atoms with van der Waals surface area (Å²) < 4.78 is 28.7. The van der Waals surface area contributed by atoms with E-state index >= 15 is 0 Å². The average Bonchev–Trinajstić information content (AvgIpc) is 3.22. The standard InChI is InChI=1S/C15H20F2N2O2.ClH/c1-10(19-14(20)9-18-8-11-5-6-11)12-3-2-4-13(7-12)21-15(16)17;/h2-4,7,10-11,15,18H,5-6,8-9H2,1H3,(H,19,20);1H. The van der Waals surface area contributed by atoms with Gasteiger partial charge in [0, 0.05) is 0 Å². The normalized spacial score (nSPS) is 15.1. The van der Waals surface area contributed by atoms with Crippen LogP contribution >= 0.6 is 12.4 Å². The lowest BCUT2D eigenvalue weighted by Gasteiger charge is -2.16. The highest BCUT2D eigenvalue weighted by molar-refractivity contribution is 5.85. The van der Waals surface area contributed by atoms with Crippen molar-refractivity contribution in [1.29, 1.82) is 0 Å². The zero-order valence-electron chi connectivity index (χ0n) is 12.4. The molecule has 1 amide bonds. The Morgan fingerprint density at radius 3 is 2.77 bits per heavy atom. The van der Waals surface area contributed by atoms with Gasteiger partial charge in [0.15, 0.2) is 0 Å². The lowest BCUT2D eigenvalue weighted by Crippen LogP contribution is -2.36. The molecule has 7 heteroatoms. The molecular weight excluding hydrogens is 314 g/mol. The molecule has 1 saturated carbocycles. The van der Waals surface area contributed by atoms with Crippen molar-refractivity contribution in [1.82, 2.24) is 10.6 Å². The molecule has 0 saturated heterocycles. The summed E-state index contributed by atoms with van der Waals surface area (Å²) in [6, 6.07) is 6.10. The first-order valence-electron chi connectivity index (χ1n) is 7.09. The van der Waals surface area contributed by atoms with Gasteiger partial charge in [-0.3, -0.25) is 4.79 Å². The largest absolute Gasteiger partial charge is 0.435 e. The third-order valence-electron chi connectivity index (χ3n) is 3.38. The van der Waals surface area contributed by atoms with Gasteiger partial charge in [-0.1, -0.05) is 12.1 Å². The summed E-state index contributed by atoms with van der Waals surface area (Å²) in [5, 5.41) is 5.93. The fourth-order valence-corrected chi connectivity index (χ4v) is 2.05. The van der Waals surface area contributed by atoms with Crippen molar-refractivity contribution in [2.45, 2.75) is 32.4 Å². The Labute approximate surface area is 135 Å². The molecule has 1 atom stereocenters. The third kappa shape index (κ3) is 6.58. The number of amides is 1. The number of carbonyl (C=O) groups is 1. The lowest BCUT2D eigenvalue weighted by atomic mass is 10.1. The number of halogens is 3. The van der Waals surface area contributed by atoms with Crippen LogP contribution in [0.3, 0.4) is 0 Å². The average molecular weight is 335 g/mol. The second kappa shape index (κ2) is 8.90. The molecule has 4 nitrogen and oxygen atoms in total. The number of nitrogens with one attached hydrogen (secondary N) is 2. The molecule has 1 aromatic rings. The van der Waals surface area contributed by atoms with E-state index in [2.05, 4.69) is 15.4 Å². The van der Waals surface area contributed by atoms with Crippen LogP contribution in [0.25, 0.3) is 0 Å². The molecule has 1 aliphatic carbocycles. The van der Waals surface area contributed by atoms with Gasteiger partial charge in [0.05, 0.1) is 12.6 Å². The van der Waals surface area contributed by atoms with Crippen LogP contribution in [0.1, 0.15) is 31.4 Å². The maximum atomic E-state index is 12.2. The van der Waals surface area contributed by atoms with Crippen LogP contribution < -0.4 is 15.4 Å². The van der Waals surface area contributed by atoms with Crippen LogP contribution in [0, 0.1) is 5.92 Å². The Bertz CT molecular complexity index is 484. The first-order valence-corrected chi connectivity index (χ1v) is 7.09. The van der Waals surface area contributed by atoms with E-state index in [1.54, 1.807) is 19.1 Å². The number of benzene rings is 1. The molecule has 1 aromatic carbocycles. The van der Waals surface area contributed by atoms with Gasteiger partial charge in [-0.05, 0) is 49.9 Å². The van der Waals surface area contributed by atoms with Crippen molar-refractivity contribution >= 4 is 18.3 Å². The predicted octanol–water partition coefficient (Wildman–Crippen LogP) is 2.89. The SMILES string of the molecule is CC(NC(=O)CNCC1CC1)c1cccc(OC(F)F)c1.Cl. The van der Waals surface area contributed by atoms with E-state index in [1.807, 2.05) is 0 Å². The number of alkyl halides is 2. The van der Waals surface area contributed by atoms with Crippen LogP contribution in [0.15, 0.2) is 24.3 Å². The zero-order chi connectivity index (χ0) is 15.2. The summed E-state index contributed by atoms with van der Waals surface area (Å²) in [5.74, 6) is 0.706. The van der Waals surface area contributed by atoms with E-state index in [-0.39, 0.29) is 36.7 Å². The molecule has 2 rings (SSSR count). The van der Waals surface area contributed by atoms with Gasteiger partial charge in [0.25, 0.3) is 0 Å². The van der Waals surface area contributed by atoms with Crippen molar-refractivity contribution in [2.24, 2.45) is 5.92 Å². The molecule has 124 valence electrons. The van der Waals surface area contributed by atoms with Gasteiger partial charge in [-0.15, -0.1) is 12.4 Å². The summed E-state index contributed by atoms with van der Waals surface area (Å²) in [5.41, 5.74) is 0.726. The van der Waals surface area contributed by atoms with Crippen LogP contribution in [0.4, 0.5) is 8.78 Å². The molecule has 1 aliphatic rings. The van der Waals surface area contributed by atoms with Gasteiger partial charge in [0.2, 0.25) is 5.91 Å². The molecule has 22 heavy (non-hydrogen) atoms. The molecule has 0 aliphatic heterocycles. The summed E-state index contributed by atoms with van der Waals surface area (Å²) in [6.45, 7) is 0.102. The zero-order valence-corrected chi connectivity index (χ0v) is 13.2.